The van der Waals surface area contributed by atoms with E-state index in [1.54, 1.807) is 36.7 Å². The predicted octanol–water partition coefficient (Wildman–Crippen LogP) is 10.8. The number of fused-ring (bicyclic) bond motifs is 2. The van der Waals surface area contributed by atoms with E-state index in [9.17, 15) is 0 Å². The Balaban J connectivity index is 1.51. The number of hydrogen-bond acceptors (Lipinski definition) is 0. The van der Waals surface area contributed by atoms with Crippen LogP contribution in [0, 0.1) is 0 Å². The van der Waals surface area contributed by atoms with Crippen LogP contribution in [0.1, 0.15) is 78.7 Å². The molecule has 2 aliphatic carbocycles. The highest BCUT2D eigenvalue weighted by atomic mass is 28.2. The average molecular weight is 575 g/mol. The molecule has 0 amide bonds. The van der Waals surface area contributed by atoms with E-state index in [0.29, 0.717) is 4.05 Å². The maximum atomic E-state index is 2.60. The Morgan fingerprint density at radius 2 is 1.24 bits per heavy atom. The normalized spacial score (nSPS) is 15.4. The summed E-state index contributed by atoms with van der Waals surface area (Å²) in [6.07, 6.45) is 10.1. The molecule has 4 aromatic carbocycles. The van der Waals surface area contributed by atoms with Gasteiger partial charge in [-0.25, -0.2) is 0 Å². The molecule has 0 spiro atoms. The zero-order valence-electron chi connectivity index (χ0n) is 25.8. The minimum Gasteiger partial charge on any atom is -0.161 e. The van der Waals surface area contributed by atoms with Crippen molar-refractivity contribution >= 4 is 43.7 Å². The quantitative estimate of drug-likeness (QED) is 0.165. The van der Waals surface area contributed by atoms with Gasteiger partial charge >= 0.3 is 20.4 Å². The summed E-state index contributed by atoms with van der Waals surface area (Å²) in [7, 11) is -0.660. The van der Waals surface area contributed by atoms with E-state index < -0.39 is 28.8 Å². The Kier molecular flexibility index (Phi) is 9.24. The maximum Gasteiger partial charge on any atom is 0.426 e. The number of benzene rings is 4. The molecule has 42 heavy (non-hydrogen) atoms. The van der Waals surface area contributed by atoms with Gasteiger partial charge in [0.15, 0.2) is 0 Å². The van der Waals surface area contributed by atoms with Crippen LogP contribution in [0.4, 0.5) is 0 Å². The molecule has 1 atom stereocenters. The van der Waals surface area contributed by atoms with E-state index >= 15 is 0 Å². The van der Waals surface area contributed by atoms with Gasteiger partial charge in [0.05, 0.1) is 0 Å². The van der Waals surface area contributed by atoms with Gasteiger partial charge in [-0.1, -0.05) is 164 Å². The Hall–Kier alpha value is -2.79. The average Bonchev–Trinajstić information content (AvgIpc) is 3.55. The summed E-state index contributed by atoms with van der Waals surface area (Å²) in [5.41, 5.74) is 15.2. The number of allylic oxidation sites excluding steroid dienone is 2. The van der Waals surface area contributed by atoms with Gasteiger partial charge in [-0.2, -0.15) is 3.70 Å². The molecule has 0 N–H and O–H groups in total. The molecule has 0 radical (unpaired) electrons. The van der Waals surface area contributed by atoms with E-state index in [4.69, 9.17) is 0 Å². The second-order valence-electron chi connectivity index (χ2n) is 12.3. The molecule has 0 heterocycles. The van der Waals surface area contributed by atoms with E-state index in [1.165, 1.54) is 66.3 Å². The lowest BCUT2D eigenvalue weighted by molar-refractivity contribution is 0.773. The Morgan fingerprint density at radius 3 is 1.90 bits per heavy atom. The molecule has 0 saturated carbocycles. The van der Waals surface area contributed by atoms with Crippen molar-refractivity contribution in [2.75, 3.05) is 0 Å². The number of hydrogen-bond donors (Lipinski definition) is 0. The van der Waals surface area contributed by atoms with Crippen molar-refractivity contribution < 1.29 is 0 Å². The van der Waals surface area contributed by atoms with E-state index in [1.807, 2.05) is 0 Å². The largest absolute Gasteiger partial charge is 0.426 e. The maximum absolute atomic E-state index is 2.60. The lowest BCUT2D eigenvalue weighted by atomic mass is 9.95. The lowest BCUT2D eigenvalue weighted by Gasteiger charge is -2.20. The molecule has 208 valence electrons. The highest BCUT2D eigenvalue weighted by Crippen LogP contribution is 2.47. The zero-order valence-corrected chi connectivity index (χ0v) is 28.3. The first-order valence-electron chi connectivity index (χ1n) is 16.1. The van der Waals surface area contributed by atoms with Gasteiger partial charge < -0.3 is 0 Å². The molecule has 0 fully saturated rings. The van der Waals surface area contributed by atoms with Crippen molar-refractivity contribution in [1.29, 1.82) is 0 Å². The van der Waals surface area contributed by atoms with Crippen molar-refractivity contribution in [2.24, 2.45) is 0 Å². The van der Waals surface area contributed by atoms with Crippen LogP contribution in [-0.2, 0) is 0 Å². The van der Waals surface area contributed by atoms with Crippen LogP contribution in [0.5, 0.6) is 0 Å². The van der Waals surface area contributed by atoms with Gasteiger partial charge in [0.1, 0.15) is 0 Å². The molecular weight excluding hydrogens is 533 g/mol. The third-order valence-corrected chi connectivity index (χ3v) is 13.4. The molecule has 0 aromatic heterocycles. The first-order chi connectivity index (χ1) is 20.6. The topological polar surface area (TPSA) is 0 Å². The Morgan fingerprint density at radius 1 is 0.643 bits per heavy atom. The van der Waals surface area contributed by atoms with E-state index in [2.05, 4.69) is 130 Å². The van der Waals surface area contributed by atoms with Crippen molar-refractivity contribution in [2.45, 2.75) is 69.5 Å². The second-order valence-corrected chi connectivity index (χ2v) is 16.7. The van der Waals surface area contributed by atoms with Gasteiger partial charge in [-0.15, -0.1) is 0 Å². The standard InChI is InChI=1S/C21H23Si.C19H19.Mg/c1-4-5-10-18-15-17-13-9-14-19(16-11-7-6-8-12-16)20(17)21(18)22(2)3;1-2-3-8-15-13-17-11-7-12-18(19(17)14-15)16-9-5-4-6-10-16;/h6-9,11-14H,4-5,10H2,1-3H3;4-7,9-14H,2-3,8H2,1H3;. The van der Waals surface area contributed by atoms with E-state index in [-0.39, 0.29) is 0 Å². The summed E-state index contributed by atoms with van der Waals surface area (Å²) in [5, 5.41) is 1.72. The number of rotatable bonds is 10. The summed E-state index contributed by atoms with van der Waals surface area (Å²) in [4.78, 5) is 0. The SMILES string of the molecule is CCCCC1=Cc2c(-c3ccccc3)cccc2[CH]1[Mg][C]1=C(CCCC)C(=[Si](C)C)c2c1cccc2-c1ccccc1. The van der Waals surface area contributed by atoms with Crippen LogP contribution in [0.15, 0.2) is 108 Å². The summed E-state index contributed by atoms with van der Waals surface area (Å²) in [5.74, 6) is 0. The monoisotopic (exact) mass is 574 g/mol. The molecule has 4 aromatic rings. The Labute approximate surface area is 264 Å². The lowest BCUT2D eigenvalue weighted by Crippen LogP contribution is -2.14. The second kappa shape index (κ2) is 13.2. The van der Waals surface area contributed by atoms with Crippen LogP contribution in [0.2, 0.25) is 13.1 Å². The van der Waals surface area contributed by atoms with Gasteiger partial charge in [-0.05, 0) is 69.8 Å². The molecular formula is C40H42MgSi. The minimum absolute atomic E-state index is 0.582. The van der Waals surface area contributed by atoms with Crippen LogP contribution >= 0.6 is 0 Å². The molecule has 0 bridgehead atoms. The summed E-state index contributed by atoms with van der Waals surface area (Å²) in [6, 6.07) is 36.4. The molecule has 1 unspecified atom stereocenters. The first-order valence-corrected chi connectivity index (χ1v) is 20.1. The molecule has 0 nitrogen and oxygen atoms in total. The minimum atomic E-state index is -0.660. The number of unbranched alkanes of at least 4 members (excludes halogenated alkanes) is 2. The fourth-order valence-corrected chi connectivity index (χ4v) is 11.8. The van der Waals surface area contributed by atoms with Crippen LogP contribution in [0.3, 0.4) is 0 Å². The fourth-order valence-electron chi connectivity index (χ4n) is 7.29. The fraction of sp³-hybridized carbons (Fsp3) is 0.275. The van der Waals surface area contributed by atoms with Gasteiger partial charge in [0.2, 0.25) is 0 Å². The molecule has 2 aliphatic rings. The summed E-state index contributed by atoms with van der Waals surface area (Å²) < 4.78 is 2.35. The molecule has 0 saturated heterocycles. The zero-order chi connectivity index (χ0) is 29.1. The van der Waals surface area contributed by atoms with Gasteiger partial charge in [-0.3, -0.25) is 0 Å². The predicted molar refractivity (Wildman–Crippen MR) is 188 cm³/mol. The van der Waals surface area contributed by atoms with Crippen molar-refractivity contribution in [3.8, 4) is 22.3 Å². The summed E-state index contributed by atoms with van der Waals surface area (Å²) >= 11 is -0.653. The van der Waals surface area contributed by atoms with Gasteiger partial charge in [0.25, 0.3) is 0 Å². The first kappa shape index (κ1) is 29.3. The van der Waals surface area contributed by atoms with Gasteiger partial charge in [0, 0.05) is 8.41 Å². The molecule has 0 aliphatic heterocycles. The highest BCUT2D eigenvalue weighted by molar-refractivity contribution is 6.80. The highest BCUT2D eigenvalue weighted by Gasteiger charge is 2.35. The molecule has 2 heteroatoms. The molecule has 6 rings (SSSR count). The van der Waals surface area contributed by atoms with E-state index in [0.717, 1.165) is 0 Å². The van der Waals surface area contributed by atoms with Crippen LogP contribution in [-0.4, -0.2) is 33.9 Å². The third-order valence-electron chi connectivity index (χ3n) is 9.28. The third kappa shape index (κ3) is 5.62. The van der Waals surface area contributed by atoms with Crippen molar-refractivity contribution in [1.82, 2.24) is 0 Å². The van der Waals surface area contributed by atoms with Crippen LogP contribution < -0.4 is 0 Å². The van der Waals surface area contributed by atoms with Crippen LogP contribution in [0.25, 0.3) is 32.0 Å². The van der Waals surface area contributed by atoms with Crippen molar-refractivity contribution in [3.05, 3.63) is 130 Å². The van der Waals surface area contributed by atoms with Crippen molar-refractivity contribution in [3.63, 3.8) is 0 Å². The summed E-state index contributed by atoms with van der Waals surface area (Å²) in [6.45, 7) is 9.72. The Bertz CT molecular complexity index is 1670. The smallest absolute Gasteiger partial charge is 0.161 e.